The van der Waals surface area contributed by atoms with Gasteiger partial charge in [-0.3, -0.25) is 4.79 Å². The molecule has 2 N–H and O–H groups in total. The van der Waals surface area contributed by atoms with Crippen molar-refractivity contribution in [2.75, 3.05) is 0 Å². The third kappa shape index (κ3) is 3.09. The zero-order valence-corrected chi connectivity index (χ0v) is 10.2. The Morgan fingerprint density at radius 3 is 2.56 bits per heavy atom. The third-order valence-corrected chi connectivity index (χ3v) is 3.32. The summed E-state index contributed by atoms with van der Waals surface area (Å²) < 4.78 is 0. The molecule has 18 heavy (non-hydrogen) atoms. The van der Waals surface area contributed by atoms with E-state index in [2.05, 4.69) is 5.32 Å². The molecule has 0 heterocycles. The van der Waals surface area contributed by atoms with Crippen LogP contribution in [0.2, 0.25) is 0 Å². The largest absolute Gasteiger partial charge is 0.478 e. The van der Waals surface area contributed by atoms with Crippen molar-refractivity contribution in [3.05, 3.63) is 35.4 Å². The summed E-state index contributed by atoms with van der Waals surface area (Å²) >= 11 is 0. The summed E-state index contributed by atoms with van der Waals surface area (Å²) in [5, 5.41) is 12.0. The number of nitrogens with one attached hydrogen (secondary N) is 1. The molecule has 1 aromatic carbocycles. The Bertz CT molecular complexity index is 450. The topological polar surface area (TPSA) is 66.4 Å². The lowest BCUT2D eigenvalue weighted by atomic mass is 10.0. The van der Waals surface area contributed by atoms with E-state index in [-0.39, 0.29) is 23.9 Å². The van der Waals surface area contributed by atoms with Gasteiger partial charge in [0.1, 0.15) is 0 Å². The Labute approximate surface area is 106 Å². The van der Waals surface area contributed by atoms with E-state index in [1.165, 1.54) is 6.07 Å². The molecular formula is C14H17NO3. The maximum Gasteiger partial charge on any atom is 0.335 e. The SMILES string of the molecule is O=C(Cc1ccccc1C(=O)O)NC1CCCC1. The second-order valence-electron chi connectivity index (χ2n) is 4.69. The highest BCUT2D eigenvalue weighted by molar-refractivity contribution is 5.91. The number of carboxylic acids is 1. The van der Waals surface area contributed by atoms with Gasteiger partial charge in [0.2, 0.25) is 5.91 Å². The van der Waals surface area contributed by atoms with Gasteiger partial charge in [0, 0.05) is 6.04 Å². The average Bonchev–Trinajstić information content (AvgIpc) is 2.82. The van der Waals surface area contributed by atoms with E-state index in [1.807, 2.05) is 0 Å². The zero-order chi connectivity index (χ0) is 13.0. The number of rotatable bonds is 4. The van der Waals surface area contributed by atoms with Gasteiger partial charge in [-0.15, -0.1) is 0 Å². The lowest BCUT2D eigenvalue weighted by Gasteiger charge is -2.12. The average molecular weight is 247 g/mol. The molecule has 1 aliphatic carbocycles. The van der Waals surface area contributed by atoms with Gasteiger partial charge in [-0.1, -0.05) is 31.0 Å². The van der Waals surface area contributed by atoms with Gasteiger partial charge in [0.15, 0.2) is 0 Å². The molecule has 2 rings (SSSR count). The van der Waals surface area contributed by atoms with Crippen LogP contribution in [0.15, 0.2) is 24.3 Å². The van der Waals surface area contributed by atoms with E-state index >= 15 is 0 Å². The molecule has 0 spiro atoms. The zero-order valence-electron chi connectivity index (χ0n) is 10.2. The fourth-order valence-corrected chi connectivity index (χ4v) is 2.40. The first kappa shape index (κ1) is 12.6. The Morgan fingerprint density at radius 2 is 1.89 bits per heavy atom. The number of hydrogen-bond acceptors (Lipinski definition) is 2. The molecule has 1 fully saturated rings. The molecule has 96 valence electrons. The number of carboxylic acid groups (broad SMARTS) is 1. The van der Waals surface area contributed by atoms with E-state index in [0.717, 1.165) is 25.7 Å². The normalized spacial score (nSPS) is 15.6. The Kier molecular flexibility index (Phi) is 3.97. The Morgan fingerprint density at radius 1 is 1.22 bits per heavy atom. The maximum absolute atomic E-state index is 11.8. The standard InChI is InChI=1S/C14H17NO3/c16-13(15-11-6-2-3-7-11)9-10-5-1-4-8-12(10)14(17)18/h1,4-5,8,11H,2-3,6-7,9H2,(H,15,16)(H,17,18). The van der Waals surface area contributed by atoms with Gasteiger partial charge in [-0.25, -0.2) is 4.79 Å². The van der Waals surface area contributed by atoms with E-state index in [0.29, 0.717) is 5.56 Å². The lowest BCUT2D eigenvalue weighted by Crippen LogP contribution is -2.34. The van der Waals surface area contributed by atoms with Crippen molar-refractivity contribution in [3.8, 4) is 0 Å². The number of carbonyl (C=O) groups is 2. The summed E-state index contributed by atoms with van der Waals surface area (Å²) in [5.74, 6) is -1.07. The van der Waals surface area contributed by atoms with Crippen molar-refractivity contribution in [3.63, 3.8) is 0 Å². The molecule has 4 nitrogen and oxygen atoms in total. The fourth-order valence-electron chi connectivity index (χ4n) is 2.40. The second-order valence-corrected chi connectivity index (χ2v) is 4.69. The predicted octanol–water partition coefficient (Wildman–Crippen LogP) is 1.99. The maximum atomic E-state index is 11.8. The first-order valence-corrected chi connectivity index (χ1v) is 6.27. The molecule has 0 radical (unpaired) electrons. The minimum absolute atomic E-state index is 0.0874. The van der Waals surface area contributed by atoms with E-state index < -0.39 is 5.97 Å². The van der Waals surface area contributed by atoms with Crippen LogP contribution in [0.1, 0.15) is 41.6 Å². The summed E-state index contributed by atoms with van der Waals surface area (Å²) in [4.78, 5) is 22.9. The molecule has 0 bridgehead atoms. The van der Waals surface area contributed by atoms with E-state index in [4.69, 9.17) is 5.11 Å². The summed E-state index contributed by atoms with van der Waals surface area (Å²) in [6.45, 7) is 0. The van der Waals surface area contributed by atoms with Gasteiger partial charge < -0.3 is 10.4 Å². The van der Waals surface area contributed by atoms with Crippen LogP contribution in [0, 0.1) is 0 Å². The van der Waals surface area contributed by atoms with E-state index in [9.17, 15) is 9.59 Å². The second kappa shape index (κ2) is 5.67. The van der Waals surface area contributed by atoms with Gasteiger partial charge >= 0.3 is 5.97 Å². The minimum Gasteiger partial charge on any atom is -0.478 e. The third-order valence-electron chi connectivity index (χ3n) is 3.32. The summed E-state index contributed by atoms with van der Waals surface area (Å²) in [6.07, 6.45) is 4.53. The molecule has 0 atom stereocenters. The molecule has 0 aromatic heterocycles. The molecule has 0 aliphatic heterocycles. The quantitative estimate of drug-likeness (QED) is 0.855. The van der Waals surface area contributed by atoms with Crippen molar-refractivity contribution >= 4 is 11.9 Å². The van der Waals surface area contributed by atoms with Crippen molar-refractivity contribution in [2.24, 2.45) is 0 Å². The van der Waals surface area contributed by atoms with Crippen molar-refractivity contribution in [1.82, 2.24) is 5.32 Å². The number of hydrogen-bond donors (Lipinski definition) is 2. The molecular weight excluding hydrogens is 230 g/mol. The van der Waals surface area contributed by atoms with Crippen molar-refractivity contribution in [1.29, 1.82) is 0 Å². The van der Waals surface area contributed by atoms with Crippen LogP contribution in [0.25, 0.3) is 0 Å². The molecule has 1 aliphatic rings. The van der Waals surface area contributed by atoms with Crippen LogP contribution in [0.4, 0.5) is 0 Å². The number of aromatic carboxylic acids is 1. The lowest BCUT2D eigenvalue weighted by molar-refractivity contribution is -0.121. The van der Waals surface area contributed by atoms with Gasteiger partial charge in [-0.2, -0.15) is 0 Å². The summed E-state index contributed by atoms with van der Waals surface area (Å²) in [7, 11) is 0. The Balaban J connectivity index is 2.00. The monoisotopic (exact) mass is 247 g/mol. The molecule has 1 amide bonds. The van der Waals surface area contributed by atoms with Crippen LogP contribution in [-0.2, 0) is 11.2 Å². The van der Waals surface area contributed by atoms with E-state index in [1.54, 1.807) is 18.2 Å². The smallest absolute Gasteiger partial charge is 0.335 e. The van der Waals surface area contributed by atoms with Gasteiger partial charge in [0.25, 0.3) is 0 Å². The Hall–Kier alpha value is -1.84. The first-order valence-electron chi connectivity index (χ1n) is 6.27. The highest BCUT2D eigenvalue weighted by atomic mass is 16.4. The van der Waals surface area contributed by atoms with Gasteiger partial charge in [-0.05, 0) is 24.5 Å². The number of carbonyl (C=O) groups excluding carboxylic acids is 1. The summed E-state index contributed by atoms with van der Waals surface area (Å²) in [5.41, 5.74) is 0.777. The van der Waals surface area contributed by atoms with Crippen molar-refractivity contribution in [2.45, 2.75) is 38.1 Å². The van der Waals surface area contributed by atoms with Crippen LogP contribution in [0.3, 0.4) is 0 Å². The van der Waals surface area contributed by atoms with Crippen LogP contribution >= 0.6 is 0 Å². The highest BCUT2D eigenvalue weighted by Crippen LogP contribution is 2.18. The highest BCUT2D eigenvalue weighted by Gasteiger charge is 2.18. The fraction of sp³-hybridized carbons (Fsp3) is 0.429. The van der Waals surface area contributed by atoms with Gasteiger partial charge in [0.05, 0.1) is 12.0 Å². The van der Waals surface area contributed by atoms with Crippen LogP contribution < -0.4 is 5.32 Å². The first-order chi connectivity index (χ1) is 8.66. The predicted molar refractivity (Wildman–Crippen MR) is 67.5 cm³/mol. The molecule has 0 unspecified atom stereocenters. The van der Waals surface area contributed by atoms with Crippen molar-refractivity contribution < 1.29 is 14.7 Å². The number of amides is 1. The van der Waals surface area contributed by atoms with Crippen LogP contribution in [0.5, 0.6) is 0 Å². The van der Waals surface area contributed by atoms with Crippen LogP contribution in [-0.4, -0.2) is 23.0 Å². The molecule has 1 saturated carbocycles. The summed E-state index contributed by atoms with van der Waals surface area (Å²) in [6, 6.07) is 6.92. The number of benzene rings is 1. The molecule has 0 saturated heterocycles. The molecule has 4 heteroatoms. The minimum atomic E-state index is -0.987. The molecule has 1 aromatic rings.